The van der Waals surface area contributed by atoms with Crippen molar-refractivity contribution >= 4 is 0 Å². The smallest absolute Gasteiger partial charge is 0.0718 e. The van der Waals surface area contributed by atoms with Crippen LogP contribution in [0.3, 0.4) is 0 Å². The summed E-state index contributed by atoms with van der Waals surface area (Å²) in [6.45, 7) is 3.57. The van der Waals surface area contributed by atoms with Crippen molar-refractivity contribution in [1.29, 1.82) is 0 Å². The summed E-state index contributed by atoms with van der Waals surface area (Å²) in [6.07, 6.45) is 9.54. The molecule has 0 aliphatic heterocycles. The van der Waals surface area contributed by atoms with Gasteiger partial charge in [-0.25, -0.2) is 0 Å². The van der Waals surface area contributed by atoms with E-state index in [0.717, 1.165) is 12.8 Å². The molecule has 1 N–H and O–H groups in total. The third kappa shape index (κ3) is 6.96. The molecule has 0 spiro atoms. The molecular formula is C16H24O. The first-order valence-corrected chi connectivity index (χ1v) is 6.67. The minimum Gasteiger partial charge on any atom is -0.389 e. The van der Waals surface area contributed by atoms with Crippen LogP contribution in [0.4, 0.5) is 0 Å². The van der Waals surface area contributed by atoms with Crippen molar-refractivity contribution in [2.24, 2.45) is 0 Å². The maximum atomic E-state index is 9.29. The largest absolute Gasteiger partial charge is 0.389 e. The summed E-state index contributed by atoms with van der Waals surface area (Å²) >= 11 is 0. The zero-order valence-corrected chi connectivity index (χ0v) is 10.6. The van der Waals surface area contributed by atoms with Crippen LogP contribution >= 0.6 is 0 Å². The number of unbranched alkanes of at least 4 members (excludes halogenated alkanes) is 4. The third-order valence-corrected chi connectivity index (χ3v) is 3.08. The Balaban J connectivity index is 1.93. The van der Waals surface area contributed by atoms with Crippen molar-refractivity contribution < 1.29 is 5.11 Å². The second-order valence-electron chi connectivity index (χ2n) is 4.60. The molecule has 17 heavy (non-hydrogen) atoms. The molecule has 1 nitrogen and oxygen atoms in total. The van der Waals surface area contributed by atoms with Crippen molar-refractivity contribution in [3.05, 3.63) is 48.6 Å². The predicted molar refractivity (Wildman–Crippen MR) is 74.1 cm³/mol. The van der Waals surface area contributed by atoms with Gasteiger partial charge in [-0.05, 0) is 24.8 Å². The number of aliphatic hydroxyl groups is 1. The van der Waals surface area contributed by atoms with Gasteiger partial charge >= 0.3 is 0 Å². The standard InChI is InChI=1S/C16H24O/c1-2-16(17)14-10-5-3-4-7-11-15-12-8-6-9-13-15/h2,6,8-9,12-13,16-17H,1,3-5,7,10-11,14H2. The fraction of sp³-hybridized carbons (Fsp3) is 0.500. The van der Waals surface area contributed by atoms with Gasteiger partial charge in [-0.3, -0.25) is 0 Å². The Hall–Kier alpha value is -1.08. The quantitative estimate of drug-likeness (QED) is 0.501. The van der Waals surface area contributed by atoms with E-state index in [-0.39, 0.29) is 6.10 Å². The number of benzene rings is 1. The van der Waals surface area contributed by atoms with Gasteiger partial charge in [-0.2, -0.15) is 0 Å². The van der Waals surface area contributed by atoms with E-state index in [1.165, 1.54) is 37.7 Å². The first-order valence-electron chi connectivity index (χ1n) is 6.67. The predicted octanol–water partition coefficient (Wildman–Crippen LogP) is 4.12. The van der Waals surface area contributed by atoms with Gasteiger partial charge in [0.05, 0.1) is 6.10 Å². The Morgan fingerprint density at radius 1 is 1.00 bits per heavy atom. The lowest BCUT2D eigenvalue weighted by Crippen LogP contribution is -2.00. The zero-order valence-electron chi connectivity index (χ0n) is 10.6. The summed E-state index contributed by atoms with van der Waals surface area (Å²) in [4.78, 5) is 0. The first-order chi connectivity index (χ1) is 8.33. The molecule has 1 heteroatoms. The summed E-state index contributed by atoms with van der Waals surface area (Å²) < 4.78 is 0. The van der Waals surface area contributed by atoms with E-state index in [1.54, 1.807) is 6.08 Å². The molecule has 0 heterocycles. The second kappa shape index (κ2) is 9.00. The van der Waals surface area contributed by atoms with Crippen LogP contribution in [0, 0.1) is 0 Å². The molecule has 1 rings (SSSR count). The van der Waals surface area contributed by atoms with Crippen molar-refractivity contribution in [1.82, 2.24) is 0 Å². The molecule has 0 saturated carbocycles. The Labute approximate surface area is 105 Å². The number of hydrogen-bond donors (Lipinski definition) is 1. The highest BCUT2D eigenvalue weighted by molar-refractivity contribution is 5.14. The van der Waals surface area contributed by atoms with Gasteiger partial charge in [0.2, 0.25) is 0 Å². The van der Waals surface area contributed by atoms with Gasteiger partial charge in [0.15, 0.2) is 0 Å². The number of rotatable bonds is 9. The van der Waals surface area contributed by atoms with Crippen LogP contribution in [0.5, 0.6) is 0 Å². The Kier molecular flexibility index (Phi) is 7.40. The highest BCUT2D eigenvalue weighted by atomic mass is 16.3. The number of hydrogen-bond acceptors (Lipinski definition) is 1. The topological polar surface area (TPSA) is 20.2 Å². The number of aryl methyl sites for hydroxylation is 1. The van der Waals surface area contributed by atoms with E-state index in [0.29, 0.717) is 0 Å². The van der Waals surface area contributed by atoms with Crippen LogP contribution in [0.25, 0.3) is 0 Å². The molecule has 0 saturated heterocycles. The Morgan fingerprint density at radius 2 is 1.65 bits per heavy atom. The van der Waals surface area contributed by atoms with Crippen LogP contribution in [0.15, 0.2) is 43.0 Å². The lowest BCUT2D eigenvalue weighted by molar-refractivity contribution is 0.208. The molecule has 1 atom stereocenters. The minimum atomic E-state index is -0.306. The molecule has 1 aromatic rings. The molecule has 1 unspecified atom stereocenters. The molecule has 94 valence electrons. The van der Waals surface area contributed by atoms with Crippen molar-refractivity contribution in [2.75, 3.05) is 0 Å². The van der Waals surface area contributed by atoms with Crippen LogP contribution in [0.2, 0.25) is 0 Å². The van der Waals surface area contributed by atoms with Gasteiger partial charge in [-0.1, -0.05) is 62.1 Å². The van der Waals surface area contributed by atoms with E-state index >= 15 is 0 Å². The Bertz CT molecular complexity index is 292. The molecule has 0 aliphatic rings. The average Bonchev–Trinajstić information content (AvgIpc) is 2.38. The molecule has 0 aliphatic carbocycles. The van der Waals surface area contributed by atoms with Crippen LogP contribution in [-0.2, 0) is 6.42 Å². The van der Waals surface area contributed by atoms with Crippen molar-refractivity contribution in [3.8, 4) is 0 Å². The van der Waals surface area contributed by atoms with Gasteiger partial charge in [0.25, 0.3) is 0 Å². The van der Waals surface area contributed by atoms with Gasteiger partial charge in [-0.15, -0.1) is 6.58 Å². The molecule has 0 radical (unpaired) electrons. The highest BCUT2D eigenvalue weighted by Gasteiger charge is 1.97. The molecule has 0 bridgehead atoms. The third-order valence-electron chi connectivity index (χ3n) is 3.08. The second-order valence-corrected chi connectivity index (χ2v) is 4.60. The summed E-state index contributed by atoms with van der Waals surface area (Å²) in [5.41, 5.74) is 1.44. The fourth-order valence-corrected chi connectivity index (χ4v) is 1.98. The number of aliphatic hydroxyl groups excluding tert-OH is 1. The maximum Gasteiger partial charge on any atom is 0.0718 e. The summed E-state index contributed by atoms with van der Waals surface area (Å²) in [7, 11) is 0. The molecule has 0 fully saturated rings. The van der Waals surface area contributed by atoms with E-state index in [9.17, 15) is 5.11 Å². The van der Waals surface area contributed by atoms with Crippen LogP contribution < -0.4 is 0 Å². The highest BCUT2D eigenvalue weighted by Crippen LogP contribution is 2.10. The lowest BCUT2D eigenvalue weighted by atomic mass is 10.0. The van der Waals surface area contributed by atoms with Crippen LogP contribution in [0.1, 0.15) is 44.1 Å². The van der Waals surface area contributed by atoms with Crippen molar-refractivity contribution in [2.45, 2.75) is 51.0 Å². The summed E-state index contributed by atoms with van der Waals surface area (Å²) in [6, 6.07) is 10.7. The van der Waals surface area contributed by atoms with Crippen molar-refractivity contribution in [3.63, 3.8) is 0 Å². The average molecular weight is 232 g/mol. The minimum absolute atomic E-state index is 0.306. The van der Waals surface area contributed by atoms with Gasteiger partial charge in [0.1, 0.15) is 0 Å². The first kappa shape index (κ1) is 14.0. The zero-order chi connectivity index (χ0) is 12.3. The molecule has 0 aromatic heterocycles. The monoisotopic (exact) mass is 232 g/mol. The van der Waals surface area contributed by atoms with E-state index < -0.39 is 0 Å². The summed E-state index contributed by atoms with van der Waals surface area (Å²) in [5, 5.41) is 9.29. The van der Waals surface area contributed by atoms with E-state index in [1.807, 2.05) is 0 Å². The van der Waals surface area contributed by atoms with E-state index in [4.69, 9.17) is 0 Å². The maximum absolute atomic E-state index is 9.29. The molecule has 1 aromatic carbocycles. The fourth-order valence-electron chi connectivity index (χ4n) is 1.98. The van der Waals surface area contributed by atoms with Gasteiger partial charge < -0.3 is 5.11 Å². The van der Waals surface area contributed by atoms with Gasteiger partial charge in [0, 0.05) is 0 Å². The molecular weight excluding hydrogens is 208 g/mol. The molecule has 0 amide bonds. The normalized spacial score (nSPS) is 12.3. The van der Waals surface area contributed by atoms with E-state index in [2.05, 4.69) is 36.9 Å². The van der Waals surface area contributed by atoms with Crippen LogP contribution in [-0.4, -0.2) is 11.2 Å². The Morgan fingerprint density at radius 3 is 2.35 bits per heavy atom. The SMILES string of the molecule is C=CC(O)CCCCCCCc1ccccc1. The summed E-state index contributed by atoms with van der Waals surface area (Å²) in [5.74, 6) is 0. The lowest BCUT2D eigenvalue weighted by Gasteiger charge is -2.05.